The summed E-state index contributed by atoms with van der Waals surface area (Å²) < 4.78 is 19.1. The van der Waals surface area contributed by atoms with Gasteiger partial charge in [0.1, 0.15) is 5.75 Å². The summed E-state index contributed by atoms with van der Waals surface area (Å²) in [5.41, 5.74) is 1.17. The van der Waals surface area contributed by atoms with Crippen LogP contribution in [0.25, 0.3) is 0 Å². The van der Waals surface area contributed by atoms with E-state index in [4.69, 9.17) is 4.74 Å². The Morgan fingerprint density at radius 2 is 2.14 bits per heavy atom. The van der Waals surface area contributed by atoms with Gasteiger partial charge in [0.25, 0.3) is 5.91 Å². The molecule has 1 fully saturated rings. The number of allylic oxidation sites excluding steroid dienone is 1. The maximum absolute atomic E-state index is 13.9. The molecule has 1 N–H and O–H groups in total. The minimum atomic E-state index is -0.753. The molecule has 0 saturated carbocycles. The number of halogens is 1. The van der Waals surface area contributed by atoms with Crippen molar-refractivity contribution >= 4 is 5.91 Å². The van der Waals surface area contributed by atoms with E-state index in [1.807, 2.05) is 18.2 Å². The second-order valence-electron chi connectivity index (χ2n) is 5.45. The fourth-order valence-electron chi connectivity index (χ4n) is 2.54. The number of methoxy groups -OCH3 is 1. The second kappa shape index (κ2) is 6.26. The molecule has 1 saturated heterocycles. The van der Waals surface area contributed by atoms with Gasteiger partial charge in [-0.3, -0.25) is 4.79 Å². The minimum absolute atomic E-state index is 0.140. The monoisotopic (exact) mass is 293 g/mol. The first-order chi connectivity index (χ1) is 9.93. The van der Waals surface area contributed by atoms with Crippen LogP contribution < -0.4 is 4.74 Å². The van der Waals surface area contributed by atoms with Crippen LogP contribution in [0.1, 0.15) is 31.9 Å². The van der Waals surface area contributed by atoms with Crippen LogP contribution in [-0.4, -0.2) is 35.7 Å². The topological polar surface area (TPSA) is 49.8 Å². The van der Waals surface area contributed by atoms with E-state index in [2.05, 4.69) is 0 Å². The molecule has 1 amide bonds. The Morgan fingerprint density at radius 3 is 2.76 bits per heavy atom. The lowest BCUT2D eigenvalue weighted by Crippen LogP contribution is -2.32. The molecule has 114 valence electrons. The third kappa shape index (κ3) is 3.24. The smallest absolute Gasteiger partial charge is 0.283 e. The van der Waals surface area contributed by atoms with Crippen molar-refractivity contribution in [2.45, 2.75) is 32.4 Å². The van der Waals surface area contributed by atoms with E-state index in [9.17, 15) is 14.3 Å². The molecule has 0 aliphatic carbocycles. The largest absolute Gasteiger partial charge is 0.497 e. The van der Waals surface area contributed by atoms with E-state index in [0.29, 0.717) is 17.7 Å². The number of benzene rings is 1. The fraction of sp³-hybridized carbons (Fsp3) is 0.438. The van der Waals surface area contributed by atoms with Crippen LogP contribution in [0.3, 0.4) is 0 Å². The molecule has 4 nitrogen and oxygen atoms in total. The molecule has 1 aliphatic rings. The Bertz CT molecular complexity index is 566. The molecule has 2 rings (SSSR count). The lowest BCUT2D eigenvalue weighted by molar-refractivity contribution is -0.130. The number of β-amino-alcohol motifs (C(OH)–C–C–N with tert-alkyl or cyclic N) is 1. The zero-order valence-corrected chi connectivity index (χ0v) is 12.5. The summed E-state index contributed by atoms with van der Waals surface area (Å²) in [5.74, 6) is -0.750. The van der Waals surface area contributed by atoms with Crippen LogP contribution in [-0.2, 0) is 4.79 Å². The predicted molar refractivity (Wildman–Crippen MR) is 77.6 cm³/mol. The normalized spacial score (nSPS) is 21.3. The highest BCUT2D eigenvalue weighted by Gasteiger charge is 2.37. The van der Waals surface area contributed by atoms with Crippen molar-refractivity contribution in [1.29, 1.82) is 0 Å². The first kappa shape index (κ1) is 15.5. The lowest BCUT2D eigenvalue weighted by Gasteiger charge is -2.24. The van der Waals surface area contributed by atoms with Gasteiger partial charge in [-0.05, 0) is 43.5 Å². The number of likely N-dealkylation sites (tertiary alicyclic amines) is 1. The van der Waals surface area contributed by atoms with Crippen LogP contribution in [0.15, 0.2) is 35.7 Å². The van der Waals surface area contributed by atoms with Crippen molar-refractivity contribution in [1.82, 2.24) is 4.90 Å². The molecule has 0 bridgehead atoms. The van der Waals surface area contributed by atoms with E-state index in [1.54, 1.807) is 27.0 Å². The van der Waals surface area contributed by atoms with E-state index in [-0.39, 0.29) is 12.6 Å². The number of aliphatic hydroxyl groups is 1. The summed E-state index contributed by atoms with van der Waals surface area (Å²) in [7, 11) is 1.56. The zero-order chi connectivity index (χ0) is 15.6. The third-order valence-corrected chi connectivity index (χ3v) is 3.65. The molecule has 0 aromatic heterocycles. The van der Waals surface area contributed by atoms with Crippen molar-refractivity contribution in [2.24, 2.45) is 0 Å². The van der Waals surface area contributed by atoms with Gasteiger partial charge in [0.2, 0.25) is 0 Å². The molecule has 1 aromatic carbocycles. The molecule has 0 radical (unpaired) electrons. The number of hydrogen-bond donors (Lipinski definition) is 1. The maximum Gasteiger partial charge on any atom is 0.283 e. The van der Waals surface area contributed by atoms with Gasteiger partial charge in [-0.2, -0.15) is 0 Å². The Morgan fingerprint density at radius 1 is 1.43 bits per heavy atom. The SMILES string of the molecule is COc1cccc([C@H]2C[C@@H](O)CN2C(=O)C(F)=C(C)C)c1. The summed E-state index contributed by atoms with van der Waals surface area (Å²) in [6, 6.07) is 6.94. The van der Waals surface area contributed by atoms with Gasteiger partial charge in [0.15, 0.2) is 5.83 Å². The highest BCUT2D eigenvalue weighted by molar-refractivity contribution is 5.92. The first-order valence-corrected chi connectivity index (χ1v) is 6.90. The lowest BCUT2D eigenvalue weighted by atomic mass is 10.0. The quantitative estimate of drug-likeness (QED) is 0.872. The van der Waals surface area contributed by atoms with Crippen molar-refractivity contribution in [3.63, 3.8) is 0 Å². The predicted octanol–water partition coefficient (Wildman–Crippen LogP) is 2.59. The summed E-state index contributed by atoms with van der Waals surface area (Å²) in [6.45, 7) is 3.25. The maximum atomic E-state index is 13.9. The van der Waals surface area contributed by atoms with Crippen LogP contribution in [0, 0.1) is 0 Å². The molecule has 5 heteroatoms. The Labute approximate surface area is 123 Å². The van der Waals surface area contributed by atoms with E-state index >= 15 is 0 Å². The van der Waals surface area contributed by atoms with Gasteiger partial charge in [-0.25, -0.2) is 4.39 Å². The Balaban J connectivity index is 2.32. The van der Waals surface area contributed by atoms with Crippen LogP contribution >= 0.6 is 0 Å². The van der Waals surface area contributed by atoms with Crippen molar-refractivity contribution in [3.05, 3.63) is 41.2 Å². The Hall–Kier alpha value is -1.88. The minimum Gasteiger partial charge on any atom is -0.497 e. The van der Waals surface area contributed by atoms with Gasteiger partial charge < -0.3 is 14.7 Å². The molecular formula is C16H20FNO3. The van der Waals surface area contributed by atoms with E-state index in [0.717, 1.165) is 5.56 Å². The van der Waals surface area contributed by atoms with Crippen LogP contribution in [0.2, 0.25) is 0 Å². The fourth-order valence-corrected chi connectivity index (χ4v) is 2.54. The number of carbonyl (C=O) groups is 1. The summed E-state index contributed by atoms with van der Waals surface area (Å²) in [6.07, 6.45) is -0.246. The molecular weight excluding hydrogens is 273 g/mol. The highest BCUT2D eigenvalue weighted by Crippen LogP contribution is 2.35. The van der Waals surface area contributed by atoms with Gasteiger partial charge in [0.05, 0.1) is 19.3 Å². The summed E-state index contributed by atoms with van der Waals surface area (Å²) >= 11 is 0. The third-order valence-electron chi connectivity index (χ3n) is 3.65. The number of amides is 1. The molecule has 0 unspecified atom stereocenters. The molecule has 0 spiro atoms. The molecule has 1 aliphatic heterocycles. The second-order valence-corrected chi connectivity index (χ2v) is 5.45. The zero-order valence-electron chi connectivity index (χ0n) is 12.5. The van der Waals surface area contributed by atoms with Gasteiger partial charge in [0, 0.05) is 6.54 Å². The van der Waals surface area contributed by atoms with Gasteiger partial charge >= 0.3 is 0 Å². The van der Waals surface area contributed by atoms with E-state index in [1.165, 1.54) is 4.90 Å². The van der Waals surface area contributed by atoms with Crippen LogP contribution in [0.5, 0.6) is 5.75 Å². The highest BCUT2D eigenvalue weighted by atomic mass is 19.1. The number of rotatable bonds is 3. The van der Waals surface area contributed by atoms with Crippen LogP contribution in [0.4, 0.5) is 4.39 Å². The average Bonchev–Trinajstić information content (AvgIpc) is 2.87. The van der Waals surface area contributed by atoms with Crippen molar-refractivity contribution in [3.8, 4) is 5.75 Å². The molecule has 21 heavy (non-hydrogen) atoms. The number of carbonyl (C=O) groups excluding carboxylic acids is 1. The average molecular weight is 293 g/mol. The number of hydrogen-bond acceptors (Lipinski definition) is 3. The summed E-state index contributed by atoms with van der Waals surface area (Å²) in [4.78, 5) is 13.6. The number of ether oxygens (including phenoxy) is 1. The molecule has 1 heterocycles. The van der Waals surface area contributed by atoms with Crippen molar-refractivity contribution < 1.29 is 19.0 Å². The molecule has 2 atom stereocenters. The van der Waals surface area contributed by atoms with Crippen molar-refractivity contribution in [2.75, 3.05) is 13.7 Å². The standard InChI is InChI=1S/C16H20FNO3/c1-10(2)15(17)16(20)18-9-12(19)8-14(18)11-5-4-6-13(7-11)21-3/h4-7,12,14,19H,8-9H2,1-3H3/t12-,14-/m1/s1. The summed E-state index contributed by atoms with van der Waals surface area (Å²) in [5, 5.41) is 9.86. The first-order valence-electron chi connectivity index (χ1n) is 6.90. The van der Waals surface area contributed by atoms with E-state index < -0.39 is 17.8 Å². The van der Waals surface area contributed by atoms with Gasteiger partial charge in [-0.1, -0.05) is 12.1 Å². The number of nitrogens with zero attached hydrogens (tertiary/aromatic N) is 1. The van der Waals surface area contributed by atoms with Gasteiger partial charge in [-0.15, -0.1) is 0 Å². The number of aliphatic hydroxyl groups excluding tert-OH is 1. The molecule has 1 aromatic rings. The Kier molecular flexibility index (Phi) is 4.63.